The van der Waals surface area contributed by atoms with E-state index in [0.717, 1.165) is 0 Å². The van der Waals surface area contributed by atoms with Crippen LogP contribution in [0.25, 0.3) is 0 Å². The van der Waals surface area contributed by atoms with Gasteiger partial charge in [-0.15, -0.1) is 4.72 Å². The van der Waals surface area contributed by atoms with Gasteiger partial charge < -0.3 is 9.29 Å². The van der Waals surface area contributed by atoms with Crippen LogP contribution < -0.4 is 4.72 Å². The molecule has 130 valence electrons. The Balaban J connectivity index is 3.34. The van der Waals surface area contributed by atoms with Crippen molar-refractivity contribution in [3.05, 3.63) is 31.6 Å². The average molecular weight is 520 g/mol. The standard InChI is InChI=1S/C15H20BrFINO3S/c1-14(2,3)23(21)19-15(4,8-13(20)22-5)9-6-10(16)12(18)7-11(9)17/h6-7,19H,8H2,1-5H3/t15?,23-/m1/s1. The van der Waals surface area contributed by atoms with Crippen LogP contribution in [0.3, 0.4) is 0 Å². The summed E-state index contributed by atoms with van der Waals surface area (Å²) in [5, 5.41) is 0. The highest BCUT2D eigenvalue weighted by Crippen LogP contribution is 2.34. The molecule has 0 aliphatic rings. The highest BCUT2D eigenvalue weighted by atomic mass is 127. The zero-order chi connectivity index (χ0) is 18.0. The Hall–Kier alpha value is 0.1000. The number of carbonyl (C=O) groups excluding carboxylic acids is 1. The molecule has 8 heteroatoms. The molecule has 0 amide bonds. The summed E-state index contributed by atoms with van der Waals surface area (Å²) >= 11 is 3.89. The van der Waals surface area contributed by atoms with Gasteiger partial charge in [0.1, 0.15) is 10.6 Å². The third kappa shape index (κ3) is 5.55. The first kappa shape index (κ1) is 21.1. The van der Waals surface area contributed by atoms with Gasteiger partial charge >= 0.3 is 5.97 Å². The van der Waals surface area contributed by atoms with Crippen LogP contribution in [0.2, 0.25) is 0 Å². The number of ether oxygens (including phenoxy) is 1. The van der Waals surface area contributed by atoms with Crippen LogP contribution in [-0.2, 0) is 26.4 Å². The van der Waals surface area contributed by atoms with Crippen molar-refractivity contribution in [3.63, 3.8) is 0 Å². The molecule has 0 saturated carbocycles. The molecule has 2 atom stereocenters. The maximum Gasteiger partial charge on any atom is 0.307 e. The smallest absolute Gasteiger partial charge is 0.307 e. The van der Waals surface area contributed by atoms with Crippen LogP contribution in [0.1, 0.15) is 39.7 Å². The molecule has 0 aromatic heterocycles. The van der Waals surface area contributed by atoms with Gasteiger partial charge in [0, 0.05) is 25.0 Å². The molecule has 1 aromatic carbocycles. The number of methoxy groups -OCH3 is 1. The zero-order valence-corrected chi connectivity index (χ0v) is 18.2. The Morgan fingerprint density at radius 1 is 1.43 bits per heavy atom. The number of hydrogen-bond acceptors (Lipinski definition) is 4. The highest BCUT2D eigenvalue weighted by molar-refractivity contribution is 14.1. The number of benzene rings is 1. The van der Waals surface area contributed by atoms with Crippen molar-refractivity contribution in [2.45, 2.75) is 44.4 Å². The minimum Gasteiger partial charge on any atom is -0.598 e. The lowest BCUT2D eigenvalue weighted by Gasteiger charge is -2.35. The fraction of sp³-hybridized carbons (Fsp3) is 0.533. The van der Waals surface area contributed by atoms with E-state index in [1.165, 1.54) is 13.2 Å². The first-order valence-corrected chi connectivity index (χ1v) is 9.84. The first-order valence-electron chi connectivity index (χ1n) is 6.82. The van der Waals surface area contributed by atoms with Gasteiger partial charge in [-0.05, 0) is 78.3 Å². The quantitative estimate of drug-likeness (QED) is 0.276. The summed E-state index contributed by atoms with van der Waals surface area (Å²) in [6.07, 6.45) is -0.144. The van der Waals surface area contributed by atoms with E-state index in [0.29, 0.717) is 8.04 Å². The van der Waals surface area contributed by atoms with Gasteiger partial charge in [-0.2, -0.15) is 0 Å². The van der Waals surface area contributed by atoms with Crippen molar-refractivity contribution in [2.24, 2.45) is 0 Å². The van der Waals surface area contributed by atoms with E-state index in [1.54, 1.807) is 33.8 Å². The maximum atomic E-state index is 14.5. The normalized spacial score (nSPS) is 15.9. The summed E-state index contributed by atoms with van der Waals surface area (Å²) in [4.78, 5) is 11.8. The van der Waals surface area contributed by atoms with Crippen LogP contribution in [0, 0.1) is 9.39 Å². The van der Waals surface area contributed by atoms with Crippen molar-refractivity contribution in [3.8, 4) is 0 Å². The molecule has 0 radical (unpaired) electrons. The second kappa shape index (κ2) is 7.99. The Morgan fingerprint density at radius 2 is 2.00 bits per heavy atom. The van der Waals surface area contributed by atoms with Crippen molar-refractivity contribution in [1.29, 1.82) is 0 Å². The molecule has 1 unspecified atom stereocenters. The van der Waals surface area contributed by atoms with Crippen LogP contribution in [0.15, 0.2) is 16.6 Å². The molecule has 23 heavy (non-hydrogen) atoms. The summed E-state index contributed by atoms with van der Waals surface area (Å²) in [6, 6.07) is 2.98. The van der Waals surface area contributed by atoms with Crippen molar-refractivity contribution in [1.82, 2.24) is 4.72 Å². The number of rotatable bonds is 5. The van der Waals surface area contributed by atoms with E-state index in [-0.39, 0.29) is 12.0 Å². The highest BCUT2D eigenvalue weighted by Gasteiger charge is 2.41. The van der Waals surface area contributed by atoms with Crippen molar-refractivity contribution < 1.29 is 18.5 Å². The topological polar surface area (TPSA) is 61.4 Å². The number of nitrogens with one attached hydrogen (secondary N) is 1. The number of esters is 1. The van der Waals surface area contributed by atoms with Crippen LogP contribution in [0.4, 0.5) is 4.39 Å². The van der Waals surface area contributed by atoms with Gasteiger partial charge in [-0.3, -0.25) is 4.79 Å². The zero-order valence-electron chi connectivity index (χ0n) is 13.6. The van der Waals surface area contributed by atoms with Crippen LogP contribution in [0.5, 0.6) is 0 Å². The lowest BCUT2D eigenvalue weighted by atomic mass is 9.89. The third-order valence-electron chi connectivity index (χ3n) is 3.20. The lowest BCUT2D eigenvalue weighted by molar-refractivity contribution is -0.142. The minimum absolute atomic E-state index is 0.144. The van der Waals surface area contributed by atoms with Crippen molar-refractivity contribution >= 4 is 55.9 Å². The van der Waals surface area contributed by atoms with Gasteiger partial charge in [0.15, 0.2) is 0 Å². The summed E-state index contributed by atoms with van der Waals surface area (Å²) < 4.78 is 35.5. The van der Waals surface area contributed by atoms with E-state index in [4.69, 9.17) is 4.74 Å². The summed E-state index contributed by atoms with van der Waals surface area (Å²) in [7, 11) is 1.27. The molecule has 1 rings (SSSR count). The molecule has 1 N–H and O–H groups in total. The molecule has 1 aromatic rings. The molecule has 0 aliphatic heterocycles. The SMILES string of the molecule is COC(=O)CC(C)(N[S@+]([O-])C(C)(C)C)c1cc(Br)c(I)cc1F. The molecule has 0 bridgehead atoms. The Labute approximate surface area is 161 Å². The fourth-order valence-corrected chi connectivity index (χ4v) is 3.52. The number of halogens is 3. The minimum atomic E-state index is -1.49. The van der Waals surface area contributed by atoms with E-state index >= 15 is 0 Å². The van der Waals surface area contributed by atoms with Crippen molar-refractivity contribution in [2.75, 3.05) is 7.11 Å². The molecule has 0 aliphatic carbocycles. The summed E-state index contributed by atoms with van der Waals surface area (Å²) in [6.45, 7) is 7.05. The van der Waals surface area contributed by atoms with Crippen LogP contribution >= 0.6 is 38.5 Å². The second-order valence-electron chi connectivity index (χ2n) is 6.31. The predicted molar refractivity (Wildman–Crippen MR) is 102 cm³/mol. The summed E-state index contributed by atoms with van der Waals surface area (Å²) in [5.41, 5.74) is -0.907. The van der Waals surface area contributed by atoms with Gasteiger partial charge in [-0.1, -0.05) is 0 Å². The molecular weight excluding hydrogens is 500 g/mol. The predicted octanol–water partition coefficient (Wildman–Crippen LogP) is 4.02. The number of carbonyl (C=O) groups is 1. The summed E-state index contributed by atoms with van der Waals surface area (Å²) in [5.74, 6) is -0.984. The monoisotopic (exact) mass is 519 g/mol. The van der Waals surface area contributed by atoms with Gasteiger partial charge in [-0.25, -0.2) is 4.39 Å². The molecule has 0 fully saturated rings. The van der Waals surface area contributed by atoms with Gasteiger partial charge in [0.25, 0.3) is 0 Å². The molecule has 0 saturated heterocycles. The van der Waals surface area contributed by atoms with E-state index in [9.17, 15) is 13.7 Å². The van der Waals surface area contributed by atoms with E-state index < -0.39 is 33.4 Å². The Kier molecular flexibility index (Phi) is 7.34. The lowest BCUT2D eigenvalue weighted by Crippen LogP contribution is -2.51. The Morgan fingerprint density at radius 3 is 2.48 bits per heavy atom. The fourth-order valence-electron chi connectivity index (χ4n) is 1.85. The van der Waals surface area contributed by atoms with E-state index in [1.807, 2.05) is 22.6 Å². The Bertz CT molecular complexity index is 597. The molecule has 0 spiro atoms. The van der Waals surface area contributed by atoms with Gasteiger partial charge in [0.2, 0.25) is 0 Å². The number of hydrogen-bond donors (Lipinski definition) is 1. The van der Waals surface area contributed by atoms with Crippen LogP contribution in [-0.4, -0.2) is 22.4 Å². The molecule has 4 nitrogen and oxygen atoms in total. The maximum absolute atomic E-state index is 14.5. The van der Waals surface area contributed by atoms with E-state index in [2.05, 4.69) is 20.7 Å². The first-order chi connectivity index (χ1) is 10.4. The second-order valence-corrected chi connectivity index (χ2v) is 10.3. The molecular formula is C15H20BrFINO3S. The third-order valence-corrected chi connectivity index (χ3v) is 7.24. The average Bonchev–Trinajstić information content (AvgIpc) is 2.41. The molecule has 0 heterocycles. The largest absolute Gasteiger partial charge is 0.598 e. The van der Waals surface area contributed by atoms with Gasteiger partial charge in [0.05, 0.1) is 19.1 Å².